The molecule has 0 heterocycles. The van der Waals surface area contributed by atoms with Gasteiger partial charge in [-0.1, -0.05) is 13.3 Å². The maximum absolute atomic E-state index is 11.5. The molecule has 114 valence electrons. The molecule has 0 bridgehead atoms. The topological polar surface area (TPSA) is 62.7 Å². The number of esters is 1. The molecule has 0 aliphatic carbocycles. The van der Waals surface area contributed by atoms with Gasteiger partial charge in [-0.05, 0) is 34.1 Å². The van der Waals surface area contributed by atoms with E-state index in [2.05, 4.69) is 22.5 Å². The zero-order valence-electron chi connectivity index (χ0n) is 12.7. The summed E-state index contributed by atoms with van der Waals surface area (Å²) in [7, 11) is 0. The van der Waals surface area contributed by atoms with Crippen molar-refractivity contribution in [3.05, 3.63) is 0 Å². The number of aliphatic imine (C=N–C) groups is 1. The lowest BCUT2D eigenvalue weighted by molar-refractivity contribution is -0.152. The van der Waals surface area contributed by atoms with Crippen LogP contribution in [0.5, 0.6) is 0 Å². The predicted octanol–water partition coefficient (Wildman–Crippen LogP) is 2.30. The fourth-order valence-electron chi connectivity index (χ4n) is 1.24. The van der Waals surface area contributed by atoms with Crippen LogP contribution < -0.4 is 10.6 Å². The Kier molecular flexibility index (Phi) is 12.4. The van der Waals surface area contributed by atoms with E-state index < -0.39 is 5.60 Å². The van der Waals surface area contributed by atoms with Crippen LogP contribution in [0.15, 0.2) is 4.99 Å². The van der Waals surface area contributed by atoms with Crippen molar-refractivity contribution in [3.63, 3.8) is 0 Å². The molecule has 0 saturated carbocycles. The molecule has 0 aromatic rings. The number of rotatable bonds is 6. The lowest BCUT2D eigenvalue weighted by atomic mass is 10.2. The Hall–Kier alpha value is -0.530. The molecule has 0 aliphatic heterocycles. The van der Waals surface area contributed by atoms with Crippen LogP contribution in [0, 0.1) is 0 Å². The third kappa shape index (κ3) is 13.7. The fraction of sp³-hybridized carbons (Fsp3) is 0.846. The molecule has 0 amide bonds. The number of guanidine groups is 1. The second-order valence-electron chi connectivity index (χ2n) is 5.06. The standard InChI is InChI=1S/C13H27N3O2.HI/c1-6-8-9-15-12(14-7-2)16-10-11(17)18-13(3,4)5;/h6-10H2,1-5H3,(H2,14,15,16);1H. The molecule has 0 spiro atoms. The number of carbonyl (C=O) groups is 1. The number of nitrogens with zero attached hydrogens (tertiary/aromatic N) is 1. The molecular weight excluding hydrogens is 357 g/mol. The van der Waals surface area contributed by atoms with E-state index >= 15 is 0 Å². The third-order valence-corrected chi connectivity index (χ3v) is 1.95. The van der Waals surface area contributed by atoms with Crippen molar-refractivity contribution in [1.82, 2.24) is 10.6 Å². The maximum Gasteiger partial charge on any atom is 0.328 e. The molecule has 19 heavy (non-hydrogen) atoms. The van der Waals surface area contributed by atoms with E-state index in [9.17, 15) is 4.79 Å². The van der Waals surface area contributed by atoms with Crippen LogP contribution in [-0.2, 0) is 9.53 Å². The highest BCUT2D eigenvalue weighted by atomic mass is 127. The Morgan fingerprint density at radius 2 is 1.84 bits per heavy atom. The Labute approximate surface area is 134 Å². The van der Waals surface area contributed by atoms with E-state index in [1.165, 1.54) is 0 Å². The molecule has 0 aliphatic rings. The van der Waals surface area contributed by atoms with Crippen LogP contribution >= 0.6 is 24.0 Å². The molecule has 0 saturated heterocycles. The van der Waals surface area contributed by atoms with Crippen molar-refractivity contribution < 1.29 is 9.53 Å². The minimum absolute atomic E-state index is 0. The largest absolute Gasteiger partial charge is 0.459 e. The summed E-state index contributed by atoms with van der Waals surface area (Å²) in [5.74, 6) is 0.354. The molecule has 6 heteroatoms. The smallest absolute Gasteiger partial charge is 0.328 e. The highest BCUT2D eigenvalue weighted by molar-refractivity contribution is 14.0. The molecule has 0 fully saturated rings. The zero-order chi connectivity index (χ0) is 14.0. The van der Waals surface area contributed by atoms with E-state index in [0.717, 1.165) is 25.9 Å². The molecule has 0 aromatic heterocycles. The first-order valence-corrected chi connectivity index (χ1v) is 6.63. The number of unbranched alkanes of at least 4 members (excludes halogenated alkanes) is 1. The summed E-state index contributed by atoms with van der Waals surface area (Å²) in [5, 5.41) is 6.26. The minimum Gasteiger partial charge on any atom is -0.459 e. The van der Waals surface area contributed by atoms with Crippen molar-refractivity contribution in [2.45, 2.75) is 53.1 Å². The molecular formula is C13H28IN3O2. The van der Waals surface area contributed by atoms with Crippen molar-refractivity contribution in [2.75, 3.05) is 19.6 Å². The second-order valence-corrected chi connectivity index (χ2v) is 5.06. The van der Waals surface area contributed by atoms with Gasteiger partial charge in [-0.2, -0.15) is 0 Å². The third-order valence-electron chi connectivity index (χ3n) is 1.95. The van der Waals surface area contributed by atoms with Gasteiger partial charge < -0.3 is 15.4 Å². The zero-order valence-corrected chi connectivity index (χ0v) is 15.0. The molecule has 5 nitrogen and oxygen atoms in total. The van der Waals surface area contributed by atoms with E-state index in [0.29, 0.717) is 5.96 Å². The molecule has 0 atom stereocenters. The van der Waals surface area contributed by atoms with E-state index in [1.54, 1.807) is 0 Å². The molecule has 0 radical (unpaired) electrons. The summed E-state index contributed by atoms with van der Waals surface area (Å²) >= 11 is 0. The summed E-state index contributed by atoms with van der Waals surface area (Å²) in [6.45, 7) is 11.3. The van der Waals surface area contributed by atoms with Gasteiger partial charge in [-0.15, -0.1) is 24.0 Å². The number of hydrogen-bond acceptors (Lipinski definition) is 3. The molecule has 0 aromatic carbocycles. The van der Waals surface area contributed by atoms with Crippen LogP contribution in [0.2, 0.25) is 0 Å². The van der Waals surface area contributed by atoms with Gasteiger partial charge in [0, 0.05) is 13.1 Å². The first kappa shape index (κ1) is 20.8. The SMILES string of the molecule is CCCCNC(=NCC(=O)OC(C)(C)C)NCC.I. The first-order chi connectivity index (χ1) is 8.39. The van der Waals surface area contributed by atoms with Gasteiger partial charge in [0.15, 0.2) is 5.96 Å². The summed E-state index contributed by atoms with van der Waals surface area (Å²) < 4.78 is 5.19. The van der Waals surface area contributed by atoms with Crippen LogP contribution in [0.1, 0.15) is 47.5 Å². The Morgan fingerprint density at radius 1 is 1.21 bits per heavy atom. The lowest BCUT2D eigenvalue weighted by Crippen LogP contribution is -2.38. The number of nitrogens with one attached hydrogen (secondary N) is 2. The molecule has 0 rings (SSSR count). The average molecular weight is 385 g/mol. The Morgan fingerprint density at radius 3 is 2.32 bits per heavy atom. The van der Waals surface area contributed by atoms with Gasteiger partial charge in [0.2, 0.25) is 0 Å². The van der Waals surface area contributed by atoms with Crippen LogP contribution in [0.4, 0.5) is 0 Å². The number of halogens is 1. The highest BCUT2D eigenvalue weighted by Gasteiger charge is 2.15. The molecule has 0 unspecified atom stereocenters. The van der Waals surface area contributed by atoms with E-state index in [4.69, 9.17) is 4.74 Å². The first-order valence-electron chi connectivity index (χ1n) is 6.63. The van der Waals surface area contributed by atoms with Crippen LogP contribution in [0.3, 0.4) is 0 Å². The van der Waals surface area contributed by atoms with Gasteiger partial charge in [0.25, 0.3) is 0 Å². The van der Waals surface area contributed by atoms with Gasteiger partial charge in [0.05, 0.1) is 0 Å². The quantitative estimate of drug-likeness (QED) is 0.242. The summed E-state index contributed by atoms with van der Waals surface area (Å²) in [4.78, 5) is 15.7. The average Bonchev–Trinajstić information content (AvgIpc) is 2.24. The minimum atomic E-state index is -0.458. The summed E-state index contributed by atoms with van der Waals surface area (Å²) in [5.41, 5.74) is -0.458. The number of hydrogen-bond donors (Lipinski definition) is 2. The maximum atomic E-state index is 11.5. The lowest BCUT2D eigenvalue weighted by Gasteiger charge is -2.19. The summed E-state index contributed by atoms with van der Waals surface area (Å²) in [6.07, 6.45) is 2.20. The van der Waals surface area contributed by atoms with Crippen molar-refractivity contribution >= 4 is 35.9 Å². The predicted molar refractivity (Wildman–Crippen MR) is 90.1 cm³/mol. The van der Waals surface area contributed by atoms with Gasteiger partial charge in [-0.25, -0.2) is 4.99 Å². The Balaban J connectivity index is 0. The van der Waals surface area contributed by atoms with Gasteiger partial charge in [-0.3, -0.25) is 4.79 Å². The highest BCUT2D eigenvalue weighted by Crippen LogP contribution is 2.06. The number of ether oxygens (including phenoxy) is 1. The number of carbonyl (C=O) groups excluding carboxylic acids is 1. The van der Waals surface area contributed by atoms with Crippen molar-refractivity contribution in [3.8, 4) is 0 Å². The van der Waals surface area contributed by atoms with Crippen molar-refractivity contribution in [2.24, 2.45) is 4.99 Å². The van der Waals surface area contributed by atoms with Crippen LogP contribution in [-0.4, -0.2) is 37.2 Å². The Bertz CT molecular complexity index is 276. The summed E-state index contributed by atoms with van der Waals surface area (Å²) in [6, 6.07) is 0. The second kappa shape index (κ2) is 11.3. The van der Waals surface area contributed by atoms with Gasteiger partial charge >= 0.3 is 5.97 Å². The van der Waals surface area contributed by atoms with Crippen molar-refractivity contribution in [1.29, 1.82) is 0 Å². The van der Waals surface area contributed by atoms with Gasteiger partial charge in [0.1, 0.15) is 12.1 Å². The fourth-order valence-corrected chi connectivity index (χ4v) is 1.24. The monoisotopic (exact) mass is 385 g/mol. The normalized spacial score (nSPS) is 11.5. The van der Waals surface area contributed by atoms with Crippen LogP contribution in [0.25, 0.3) is 0 Å². The molecule has 2 N–H and O–H groups in total. The van der Waals surface area contributed by atoms with E-state index in [1.807, 2.05) is 27.7 Å². The van der Waals surface area contributed by atoms with E-state index in [-0.39, 0.29) is 36.5 Å².